The van der Waals surface area contributed by atoms with Crippen molar-refractivity contribution in [2.24, 2.45) is 0 Å². The van der Waals surface area contributed by atoms with Crippen molar-refractivity contribution < 1.29 is 9.53 Å². The molecule has 6 nitrogen and oxygen atoms in total. The molecule has 1 amide bonds. The maximum absolute atomic E-state index is 12.9. The van der Waals surface area contributed by atoms with Gasteiger partial charge < -0.3 is 10.1 Å². The molecule has 3 aromatic rings. The molecule has 0 saturated heterocycles. The van der Waals surface area contributed by atoms with Crippen molar-refractivity contribution in [3.63, 3.8) is 0 Å². The van der Waals surface area contributed by atoms with Gasteiger partial charge in [-0.15, -0.1) is 11.8 Å². The molecule has 0 bridgehead atoms. The first-order chi connectivity index (χ1) is 13.8. The summed E-state index contributed by atoms with van der Waals surface area (Å²) >= 11 is 1.49. The largest absolute Gasteiger partial charge is 0.497 e. The van der Waals surface area contributed by atoms with Gasteiger partial charge in [0.05, 0.1) is 18.1 Å². The first-order valence-electron chi connectivity index (χ1n) is 9.41. The zero-order valence-corrected chi connectivity index (χ0v) is 18.2. The number of methoxy groups -OCH3 is 1. The standard InChI is InChI=1S/C22H26N4O2S/c1-15(29-17-11-9-16(28-5)10-12-17)21(27)24-20-14-18(22(2,3)4)25-26(20)19-8-6-7-13-23-19/h6-15H,1-5H3,(H,24,27). The lowest BCUT2D eigenvalue weighted by Gasteiger charge is -2.13. The van der Waals surface area contributed by atoms with E-state index in [9.17, 15) is 4.79 Å². The SMILES string of the molecule is COc1ccc(SC(C)C(=O)Nc2cc(C(C)(C)C)nn2-c2ccccn2)cc1. The van der Waals surface area contributed by atoms with Crippen molar-refractivity contribution in [2.75, 3.05) is 12.4 Å². The van der Waals surface area contributed by atoms with E-state index in [1.807, 2.05) is 55.5 Å². The third kappa shape index (κ3) is 5.17. The Kier molecular flexibility index (Phi) is 6.27. The summed E-state index contributed by atoms with van der Waals surface area (Å²) in [6.07, 6.45) is 1.71. The number of anilines is 1. The van der Waals surface area contributed by atoms with Gasteiger partial charge in [0.1, 0.15) is 11.6 Å². The minimum absolute atomic E-state index is 0.0941. The molecule has 0 spiro atoms. The quantitative estimate of drug-likeness (QED) is 0.597. The third-order valence-electron chi connectivity index (χ3n) is 4.34. The Balaban J connectivity index is 1.80. The number of hydrogen-bond acceptors (Lipinski definition) is 5. The topological polar surface area (TPSA) is 69.0 Å². The molecule has 29 heavy (non-hydrogen) atoms. The fourth-order valence-electron chi connectivity index (χ4n) is 2.63. The van der Waals surface area contributed by atoms with E-state index < -0.39 is 0 Å². The van der Waals surface area contributed by atoms with Crippen molar-refractivity contribution in [3.8, 4) is 11.6 Å². The minimum Gasteiger partial charge on any atom is -0.497 e. The Morgan fingerprint density at radius 2 is 1.90 bits per heavy atom. The van der Waals surface area contributed by atoms with Crippen molar-refractivity contribution >= 4 is 23.5 Å². The lowest BCUT2D eigenvalue weighted by molar-refractivity contribution is -0.115. The van der Waals surface area contributed by atoms with Crippen LogP contribution in [0.1, 0.15) is 33.4 Å². The van der Waals surface area contributed by atoms with Crippen LogP contribution >= 0.6 is 11.8 Å². The Hall–Kier alpha value is -2.80. The van der Waals surface area contributed by atoms with Crippen LogP contribution < -0.4 is 10.1 Å². The summed E-state index contributed by atoms with van der Waals surface area (Å²) in [7, 11) is 1.63. The van der Waals surface area contributed by atoms with Crippen LogP contribution in [0.2, 0.25) is 0 Å². The molecule has 0 aliphatic rings. The molecule has 0 fully saturated rings. The van der Waals surface area contributed by atoms with Gasteiger partial charge in [-0.2, -0.15) is 9.78 Å². The number of carbonyl (C=O) groups is 1. The van der Waals surface area contributed by atoms with Crippen LogP contribution in [0.4, 0.5) is 5.82 Å². The molecule has 0 saturated carbocycles. The number of ether oxygens (including phenoxy) is 1. The van der Waals surface area contributed by atoms with E-state index in [-0.39, 0.29) is 16.6 Å². The van der Waals surface area contributed by atoms with Gasteiger partial charge in [0.15, 0.2) is 5.82 Å². The number of thioether (sulfide) groups is 1. The minimum atomic E-state index is -0.284. The van der Waals surface area contributed by atoms with Crippen molar-refractivity contribution in [3.05, 3.63) is 60.4 Å². The second-order valence-corrected chi connectivity index (χ2v) is 9.10. The Morgan fingerprint density at radius 1 is 1.17 bits per heavy atom. The summed E-state index contributed by atoms with van der Waals surface area (Å²) in [5, 5.41) is 7.42. The third-order valence-corrected chi connectivity index (χ3v) is 5.45. The predicted molar refractivity (Wildman–Crippen MR) is 117 cm³/mol. The van der Waals surface area contributed by atoms with Crippen LogP contribution in [-0.2, 0) is 10.2 Å². The van der Waals surface area contributed by atoms with Gasteiger partial charge in [0.2, 0.25) is 5.91 Å². The number of carbonyl (C=O) groups excluding carboxylic acids is 1. The maximum atomic E-state index is 12.9. The molecule has 3 rings (SSSR count). The molecule has 0 aliphatic carbocycles. The van der Waals surface area contributed by atoms with E-state index in [0.717, 1.165) is 16.3 Å². The number of hydrogen-bond donors (Lipinski definition) is 1. The molecule has 2 heterocycles. The van der Waals surface area contributed by atoms with Gasteiger partial charge in [-0.3, -0.25) is 4.79 Å². The summed E-state index contributed by atoms with van der Waals surface area (Å²) in [5.74, 6) is 1.97. The molecule has 0 aliphatic heterocycles. The molecule has 1 atom stereocenters. The van der Waals surface area contributed by atoms with Crippen molar-refractivity contribution in [1.82, 2.24) is 14.8 Å². The van der Waals surface area contributed by atoms with Crippen LogP contribution in [0.25, 0.3) is 5.82 Å². The highest BCUT2D eigenvalue weighted by molar-refractivity contribution is 8.00. The number of benzene rings is 1. The van der Waals surface area contributed by atoms with E-state index in [1.165, 1.54) is 11.8 Å². The smallest absolute Gasteiger partial charge is 0.238 e. The predicted octanol–water partition coefficient (Wildman–Crippen LogP) is 4.69. The Labute approximate surface area is 175 Å². The molecular formula is C22H26N4O2S. The summed E-state index contributed by atoms with van der Waals surface area (Å²) < 4.78 is 6.87. The average Bonchev–Trinajstić information content (AvgIpc) is 3.13. The first-order valence-corrected chi connectivity index (χ1v) is 10.3. The average molecular weight is 411 g/mol. The molecule has 1 N–H and O–H groups in total. The number of nitrogens with zero attached hydrogens (tertiary/aromatic N) is 3. The van der Waals surface area contributed by atoms with Crippen molar-refractivity contribution in [2.45, 2.75) is 43.3 Å². The molecule has 1 aromatic carbocycles. The molecule has 0 radical (unpaired) electrons. The van der Waals surface area contributed by atoms with E-state index in [1.54, 1.807) is 18.0 Å². The Bertz CT molecular complexity index is 963. The number of pyridine rings is 1. The van der Waals surface area contributed by atoms with Crippen LogP contribution in [-0.4, -0.2) is 33.0 Å². The van der Waals surface area contributed by atoms with E-state index in [0.29, 0.717) is 11.6 Å². The second-order valence-electron chi connectivity index (χ2n) is 7.69. The van der Waals surface area contributed by atoms with Gasteiger partial charge in [-0.25, -0.2) is 4.98 Å². The van der Waals surface area contributed by atoms with Crippen molar-refractivity contribution in [1.29, 1.82) is 0 Å². The van der Waals surface area contributed by atoms with Crippen LogP contribution in [0.3, 0.4) is 0 Å². The lowest BCUT2D eigenvalue weighted by atomic mass is 9.92. The molecule has 1 unspecified atom stereocenters. The van der Waals surface area contributed by atoms with E-state index in [2.05, 4.69) is 36.2 Å². The summed E-state index contributed by atoms with van der Waals surface area (Å²) in [4.78, 5) is 18.2. The van der Waals surface area contributed by atoms with Crippen LogP contribution in [0.5, 0.6) is 5.75 Å². The first kappa shape index (κ1) is 20.9. The summed E-state index contributed by atoms with van der Waals surface area (Å²) in [6, 6.07) is 15.2. The highest BCUT2D eigenvalue weighted by atomic mass is 32.2. The van der Waals surface area contributed by atoms with Crippen LogP contribution in [0, 0.1) is 0 Å². The van der Waals surface area contributed by atoms with E-state index in [4.69, 9.17) is 4.74 Å². The van der Waals surface area contributed by atoms with Gasteiger partial charge in [-0.1, -0.05) is 26.8 Å². The number of amides is 1. The van der Waals surface area contributed by atoms with Gasteiger partial charge >= 0.3 is 0 Å². The molecule has 2 aromatic heterocycles. The maximum Gasteiger partial charge on any atom is 0.238 e. The monoisotopic (exact) mass is 410 g/mol. The fraction of sp³-hybridized carbons (Fsp3) is 0.318. The fourth-order valence-corrected chi connectivity index (χ4v) is 3.50. The Morgan fingerprint density at radius 3 is 2.48 bits per heavy atom. The zero-order valence-electron chi connectivity index (χ0n) is 17.3. The molecule has 7 heteroatoms. The van der Waals surface area contributed by atoms with Crippen LogP contribution in [0.15, 0.2) is 59.6 Å². The number of rotatable bonds is 6. The highest BCUT2D eigenvalue weighted by Gasteiger charge is 2.23. The van der Waals surface area contributed by atoms with Gasteiger partial charge in [-0.05, 0) is 43.3 Å². The number of aromatic nitrogens is 3. The lowest BCUT2D eigenvalue weighted by Crippen LogP contribution is -2.24. The summed E-state index contributed by atoms with van der Waals surface area (Å²) in [5.41, 5.74) is 0.733. The second kappa shape index (κ2) is 8.69. The molecule has 152 valence electrons. The highest BCUT2D eigenvalue weighted by Crippen LogP contribution is 2.28. The summed E-state index contributed by atoms with van der Waals surface area (Å²) in [6.45, 7) is 8.15. The van der Waals surface area contributed by atoms with Gasteiger partial charge in [0.25, 0.3) is 0 Å². The zero-order chi connectivity index (χ0) is 21.0. The van der Waals surface area contributed by atoms with Gasteiger partial charge in [0, 0.05) is 22.6 Å². The number of nitrogens with one attached hydrogen (secondary N) is 1. The molecular weight excluding hydrogens is 384 g/mol. The van der Waals surface area contributed by atoms with E-state index >= 15 is 0 Å². The normalized spacial score (nSPS) is 12.4.